The topological polar surface area (TPSA) is 92.3 Å². The highest BCUT2D eigenvalue weighted by Gasteiger charge is 2.26. The van der Waals surface area contributed by atoms with Gasteiger partial charge >= 0.3 is 0 Å². The number of anilines is 1. The van der Waals surface area contributed by atoms with Crippen molar-refractivity contribution in [2.45, 2.75) is 38.0 Å². The Kier molecular flexibility index (Phi) is 5.33. The van der Waals surface area contributed by atoms with Crippen LogP contribution in [-0.4, -0.2) is 41.7 Å². The number of piperidine rings is 1. The van der Waals surface area contributed by atoms with Crippen LogP contribution in [0.4, 0.5) is 5.95 Å². The summed E-state index contributed by atoms with van der Waals surface area (Å²) in [5.41, 5.74) is 1.74. The van der Waals surface area contributed by atoms with Crippen molar-refractivity contribution in [1.29, 1.82) is 0 Å². The standard InChI is InChI=1S/C18H22N4O3S/c1-13-11-14(2)20-18(19-13)21-17(23)15-7-6-8-16(12-15)26(24,25)22-9-4-3-5-10-22/h6-8,11-12H,3-5,9-10H2,1-2H3,(H,19,20,21,23). The van der Waals surface area contributed by atoms with Gasteiger partial charge in [-0.3, -0.25) is 10.1 Å². The molecule has 1 N–H and O–H groups in total. The van der Waals surface area contributed by atoms with Crippen LogP contribution in [0.1, 0.15) is 41.0 Å². The molecule has 138 valence electrons. The quantitative estimate of drug-likeness (QED) is 0.888. The van der Waals surface area contributed by atoms with Gasteiger partial charge in [-0.15, -0.1) is 0 Å². The van der Waals surface area contributed by atoms with Gasteiger partial charge in [-0.25, -0.2) is 18.4 Å². The summed E-state index contributed by atoms with van der Waals surface area (Å²) in [6, 6.07) is 7.89. The molecule has 1 fully saturated rings. The van der Waals surface area contributed by atoms with Gasteiger partial charge in [-0.2, -0.15) is 4.31 Å². The van der Waals surface area contributed by atoms with Crippen molar-refractivity contribution >= 4 is 21.9 Å². The lowest BCUT2D eigenvalue weighted by molar-refractivity contribution is 0.102. The summed E-state index contributed by atoms with van der Waals surface area (Å²) in [6.07, 6.45) is 2.78. The fourth-order valence-corrected chi connectivity index (χ4v) is 4.57. The van der Waals surface area contributed by atoms with Crippen molar-refractivity contribution in [3.05, 3.63) is 47.3 Å². The number of carbonyl (C=O) groups is 1. The van der Waals surface area contributed by atoms with E-state index in [1.807, 2.05) is 19.9 Å². The fraction of sp³-hybridized carbons (Fsp3) is 0.389. The number of sulfonamides is 1. The first kappa shape index (κ1) is 18.5. The van der Waals surface area contributed by atoms with Gasteiger partial charge in [0.25, 0.3) is 5.91 Å². The van der Waals surface area contributed by atoms with E-state index in [9.17, 15) is 13.2 Å². The third-order valence-corrected chi connectivity index (χ3v) is 6.15. The van der Waals surface area contributed by atoms with E-state index in [-0.39, 0.29) is 16.4 Å². The highest BCUT2D eigenvalue weighted by Crippen LogP contribution is 2.21. The maximum absolute atomic E-state index is 12.8. The molecule has 1 aromatic carbocycles. The minimum absolute atomic E-state index is 0.133. The Morgan fingerprint density at radius 1 is 1.04 bits per heavy atom. The fourth-order valence-electron chi connectivity index (χ4n) is 3.01. The average Bonchev–Trinajstić information content (AvgIpc) is 2.61. The van der Waals surface area contributed by atoms with Gasteiger partial charge in [0.2, 0.25) is 16.0 Å². The van der Waals surface area contributed by atoms with Crippen molar-refractivity contribution in [1.82, 2.24) is 14.3 Å². The summed E-state index contributed by atoms with van der Waals surface area (Å²) in [6.45, 7) is 4.68. The molecule has 1 aliphatic heterocycles. The van der Waals surface area contributed by atoms with Gasteiger partial charge in [0.1, 0.15) is 0 Å². The molecule has 1 saturated heterocycles. The number of hydrogen-bond acceptors (Lipinski definition) is 5. The molecule has 1 aliphatic rings. The Morgan fingerprint density at radius 2 is 1.69 bits per heavy atom. The molecule has 3 rings (SSSR count). The minimum atomic E-state index is -3.58. The van der Waals surface area contributed by atoms with E-state index < -0.39 is 15.9 Å². The van der Waals surface area contributed by atoms with Crippen molar-refractivity contribution < 1.29 is 13.2 Å². The van der Waals surface area contributed by atoms with Crippen LogP contribution in [0.15, 0.2) is 35.2 Å². The number of carbonyl (C=O) groups excluding carboxylic acids is 1. The molecule has 1 aromatic heterocycles. The summed E-state index contributed by atoms with van der Waals surface area (Å²) < 4.78 is 27.0. The summed E-state index contributed by atoms with van der Waals surface area (Å²) >= 11 is 0. The van der Waals surface area contributed by atoms with Gasteiger partial charge in [-0.1, -0.05) is 12.5 Å². The van der Waals surface area contributed by atoms with Crippen LogP contribution in [0.2, 0.25) is 0 Å². The molecule has 26 heavy (non-hydrogen) atoms. The van der Waals surface area contributed by atoms with E-state index >= 15 is 0 Å². The molecule has 0 radical (unpaired) electrons. The van der Waals surface area contributed by atoms with Crippen molar-refractivity contribution in [2.75, 3.05) is 18.4 Å². The van der Waals surface area contributed by atoms with Crippen molar-refractivity contribution in [3.8, 4) is 0 Å². The molecule has 2 heterocycles. The predicted octanol–water partition coefficient (Wildman–Crippen LogP) is 2.52. The van der Waals surface area contributed by atoms with Gasteiger partial charge in [0.05, 0.1) is 4.90 Å². The molecule has 2 aromatic rings. The average molecular weight is 374 g/mol. The van der Waals surface area contributed by atoms with Gasteiger partial charge < -0.3 is 0 Å². The largest absolute Gasteiger partial charge is 0.290 e. The highest BCUT2D eigenvalue weighted by atomic mass is 32.2. The number of rotatable bonds is 4. The summed E-state index contributed by atoms with van der Waals surface area (Å²) in [7, 11) is -3.58. The molecule has 0 atom stereocenters. The Hall–Kier alpha value is -2.32. The molecular formula is C18H22N4O3S. The second-order valence-electron chi connectivity index (χ2n) is 6.42. The van der Waals surface area contributed by atoms with Crippen LogP contribution in [0.5, 0.6) is 0 Å². The predicted molar refractivity (Wildman–Crippen MR) is 98.5 cm³/mol. The van der Waals surface area contributed by atoms with Crippen LogP contribution in [-0.2, 0) is 10.0 Å². The smallest absolute Gasteiger partial charge is 0.258 e. The minimum Gasteiger partial charge on any atom is -0.290 e. The Balaban J connectivity index is 1.83. The number of aryl methyl sites for hydroxylation is 2. The van der Waals surface area contributed by atoms with Crippen LogP contribution in [0, 0.1) is 13.8 Å². The lowest BCUT2D eigenvalue weighted by Crippen LogP contribution is -2.35. The monoisotopic (exact) mass is 374 g/mol. The lowest BCUT2D eigenvalue weighted by Gasteiger charge is -2.26. The summed E-state index contributed by atoms with van der Waals surface area (Å²) in [4.78, 5) is 21.0. The number of hydrogen-bond donors (Lipinski definition) is 1. The number of aromatic nitrogens is 2. The summed E-state index contributed by atoms with van der Waals surface area (Å²) in [5, 5.41) is 2.63. The molecule has 0 bridgehead atoms. The molecular weight excluding hydrogens is 352 g/mol. The van der Waals surface area contributed by atoms with E-state index in [0.29, 0.717) is 13.1 Å². The van der Waals surface area contributed by atoms with E-state index in [2.05, 4.69) is 15.3 Å². The third-order valence-electron chi connectivity index (χ3n) is 4.26. The summed E-state index contributed by atoms with van der Waals surface area (Å²) in [5.74, 6) is -0.234. The molecule has 8 heteroatoms. The van der Waals surface area contributed by atoms with Gasteiger partial charge in [0.15, 0.2) is 0 Å². The third kappa shape index (κ3) is 4.08. The van der Waals surface area contributed by atoms with Crippen LogP contribution < -0.4 is 5.32 Å². The Labute approximate surface area is 153 Å². The number of nitrogens with one attached hydrogen (secondary N) is 1. The van der Waals surface area contributed by atoms with Crippen molar-refractivity contribution in [3.63, 3.8) is 0 Å². The second kappa shape index (κ2) is 7.51. The first-order valence-corrected chi connectivity index (χ1v) is 10.0. The number of nitrogens with zero attached hydrogens (tertiary/aromatic N) is 3. The highest BCUT2D eigenvalue weighted by molar-refractivity contribution is 7.89. The van der Waals surface area contributed by atoms with E-state index in [1.54, 1.807) is 12.1 Å². The van der Waals surface area contributed by atoms with Crippen LogP contribution in [0.3, 0.4) is 0 Å². The van der Waals surface area contributed by atoms with E-state index in [4.69, 9.17) is 0 Å². The maximum Gasteiger partial charge on any atom is 0.258 e. The zero-order valence-electron chi connectivity index (χ0n) is 14.9. The molecule has 0 saturated carbocycles. The first-order chi connectivity index (χ1) is 12.4. The zero-order valence-corrected chi connectivity index (χ0v) is 15.7. The Morgan fingerprint density at radius 3 is 2.35 bits per heavy atom. The molecule has 1 amide bonds. The number of benzene rings is 1. The SMILES string of the molecule is Cc1cc(C)nc(NC(=O)c2cccc(S(=O)(=O)N3CCCCC3)c2)n1. The number of amides is 1. The molecule has 0 unspecified atom stereocenters. The van der Waals surface area contributed by atoms with E-state index in [1.165, 1.54) is 16.4 Å². The van der Waals surface area contributed by atoms with Crippen LogP contribution in [0.25, 0.3) is 0 Å². The van der Waals surface area contributed by atoms with Gasteiger partial charge in [0, 0.05) is 30.0 Å². The molecule has 0 aliphatic carbocycles. The second-order valence-corrected chi connectivity index (χ2v) is 8.36. The molecule has 0 spiro atoms. The first-order valence-electron chi connectivity index (χ1n) is 8.60. The maximum atomic E-state index is 12.8. The lowest BCUT2D eigenvalue weighted by atomic mass is 10.2. The van der Waals surface area contributed by atoms with E-state index in [0.717, 1.165) is 30.7 Å². The zero-order chi connectivity index (χ0) is 18.7. The van der Waals surface area contributed by atoms with Crippen LogP contribution >= 0.6 is 0 Å². The Bertz CT molecular complexity index is 902. The molecule has 7 nitrogen and oxygen atoms in total. The van der Waals surface area contributed by atoms with Gasteiger partial charge in [-0.05, 0) is 51.0 Å². The van der Waals surface area contributed by atoms with Crippen molar-refractivity contribution in [2.24, 2.45) is 0 Å². The normalized spacial score (nSPS) is 15.6.